The van der Waals surface area contributed by atoms with Gasteiger partial charge in [0.15, 0.2) is 11.0 Å². The van der Waals surface area contributed by atoms with Crippen LogP contribution in [-0.2, 0) is 16.5 Å². The van der Waals surface area contributed by atoms with Crippen LogP contribution in [0.25, 0.3) is 11.5 Å². The Bertz CT molecular complexity index is 1310. The van der Waals surface area contributed by atoms with E-state index >= 15 is 0 Å². The van der Waals surface area contributed by atoms with Crippen molar-refractivity contribution in [1.29, 1.82) is 5.26 Å². The lowest BCUT2D eigenvalue weighted by atomic mass is 10.0. The lowest BCUT2D eigenvalue weighted by Crippen LogP contribution is -2.55. The normalized spacial score (nSPS) is 17.8. The first-order chi connectivity index (χ1) is 16.8. The van der Waals surface area contributed by atoms with Crippen molar-refractivity contribution in [2.75, 3.05) is 32.2 Å². The number of nitrogens with zero attached hydrogens (tertiary/aromatic N) is 6. The molecule has 0 bridgehead atoms. The SMILES string of the molecule is COC(=O)c1sc(N2CC[C@@H](NC(=O)c3[nH]c(C)c(C#N)c3Cl)[C@@H](OC)C2)nc1-c1ncnn1C. The van der Waals surface area contributed by atoms with E-state index in [2.05, 4.69) is 25.4 Å². The fraction of sp³-hybridized carbons (Fsp3) is 0.429. The zero-order valence-corrected chi connectivity index (χ0v) is 21.0. The Morgan fingerprint density at radius 1 is 1.40 bits per heavy atom. The minimum Gasteiger partial charge on any atom is -0.465 e. The largest absolute Gasteiger partial charge is 0.465 e. The number of carbonyl (C=O) groups is 2. The molecule has 14 heteroatoms. The molecule has 1 aliphatic heterocycles. The third kappa shape index (κ3) is 4.60. The molecule has 1 aliphatic rings. The number of carbonyl (C=O) groups excluding carboxylic acids is 2. The van der Waals surface area contributed by atoms with Gasteiger partial charge in [0.05, 0.1) is 29.8 Å². The van der Waals surface area contributed by atoms with Crippen LogP contribution in [0.15, 0.2) is 6.33 Å². The van der Waals surface area contributed by atoms with Crippen LogP contribution in [0.2, 0.25) is 5.02 Å². The highest BCUT2D eigenvalue weighted by atomic mass is 35.5. The van der Waals surface area contributed by atoms with Crippen LogP contribution in [0.3, 0.4) is 0 Å². The number of hydrogen-bond donors (Lipinski definition) is 2. The van der Waals surface area contributed by atoms with Gasteiger partial charge < -0.3 is 24.7 Å². The number of methoxy groups -OCH3 is 2. The van der Waals surface area contributed by atoms with Gasteiger partial charge >= 0.3 is 5.97 Å². The molecule has 0 spiro atoms. The molecule has 2 atom stereocenters. The molecule has 3 aromatic rings. The van der Waals surface area contributed by atoms with Gasteiger partial charge in [-0.25, -0.2) is 19.4 Å². The average Bonchev–Trinajstić information content (AvgIpc) is 3.55. The number of aromatic nitrogens is 5. The van der Waals surface area contributed by atoms with Gasteiger partial charge in [-0.05, 0) is 13.3 Å². The Labute approximate surface area is 209 Å². The van der Waals surface area contributed by atoms with Crippen LogP contribution in [-0.4, -0.2) is 76.1 Å². The predicted molar refractivity (Wildman–Crippen MR) is 128 cm³/mol. The summed E-state index contributed by atoms with van der Waals surface area (Å²) < 4.78 is 12.2. The van der Waals surface area contributed by atoms with Crippen LogP contribution in [0.1, 0.15) is 37.8 Å². The highest BCUT2D eigenvalue weighted by molar-refractivity contribution is 7.17. The molecular weight excluding hydrogens is 496 g/mol. The molecule has 4 heterocycles. The number of anilines is 1. The second-order valence-electron chi connectivity index (χ2n) is 7.89. The molecule has 2 N–H and O–H groups in total. The summed E-state index contributed by atoms with van der Waals surface area (Å²) in [6.07, 6.45) is 1.59. The van der Waals surface area contributed by atoms with Crippen LogP contribution >= 0.6 is 22.9 Å². The number of piperidine rings is 1. The van der Waals surface area contributed by atoms with Crippen molar-refractivity contribution < 1.29 is 19.1 Å². The van der Waals surface area contributed by atoms with Gasteiger partial charge in [0.1, 0.15) is 28.7 Å². The smallest absolute Gasteiger partial charge is 0.350 e. The quantitative estimate of drug-likeness (QED) is 0.466. The molecule has 0 saturated carbocycles. The summed E-state index contributed by atoms with van der Waals surface area (Å²) in [4.78, 5) is 39.4. The monoisotopic (exact) mass is 518 g/mol. The van der Waals surface area contributed by atoms with Crippen LogP contribution in [0.4, 0.5) is 5.13 Å². The van der Waals surface area contributed by atoms with Crippen molar-refractivity contribution in [3.05, 3.63) is 33.2 Å². The van der Waals surface area contributed by atoms with Gasteiger partial charge in [0.25, 0.3) is 5.91 Å². The molecular formula is C21H23ClN8O4S. The zero-order chi connectivity index (χ0) is 25.3. The van der Waals surface area contributed by atoms with E-state index in [9.17, 15) is 14.9 Å². The molecule has 1 amide bonds. The number of nitriles is 1. The first-order valence-electron chi connectivity index (χ1n) is 10.6. The molecule has 0 unspecified atom stereocenters. The van der Waals surface area contributed by atoms with Crippen molar-refractivity contribution in [3.8, 4) is 17.6 Å². The molecule has 1 fully saturated rings. The Balaban J connectivity index is 1.53. The molecule has 0 aliphatic carbocycles. The molecule has 1 saturated heterocycles. The summed E-state index contributed by atoms with van der Waals surface area (Å²) in [7, 11) is 4.60. The van der Waals surface area contributed by atoms with E-state index in [1.165, 1.54) is 29.5 Å². The van der Waals surface area contributed by atoms with Gasteiger partial charge in [0.2, 0.25) is 0 Å². The van der Waals surface area contributed by atoms with Crippen LogP contribution < -0.4 is 10.2 Å². The summed E-state index contributed by atoms with van der Waals surface area (Å²) in [6, 6.07) is 1.70. The first kappa shape index (κ1) is 24.6. The van der Waals surface area contributed by atoms with Crippen LogP contribution in [0.5, 0.6) is 0 Å². The van der Waals surface area contributed by atoms with Gasteiger partial charge in [-0.15, -0.1) is 0 Å². The number of nitrogens with one attached hydrogen (secondary N) is 2. The maximum Gasteiger partial charge on any atom is 0.350 e. The molecule has 3 aromatic heterocycles. The minimum atomic E-state index is -0.507. The van der Waals surface area contributed by atoms with Gasteiger partial charge in [-0.1, -0.05) is 22.9 Å². The topological polar surface area (TPSA) is 151 Å². The summed E-state index contributed by atoms with van der Waals surface area (Å²) in [5.41, 5.74) is 1.32. The maximum absolute atomic E-state index is 12.9. The highest BCUT2D eigenvalue weighted by Gasteiger charge is 2.34. The minimum absolute atomic E-state index is 0.100. The number of esters is 1. The van der Waals surface area contributed by atoms with E-state index in [1.54, 1.807) is 21.1 Å². The fourth-order valence-corrected chi connectivity index (χ4v) is 5.29. The Morgan fingerprint density at radius 2 is 2.17 bits per heavy atom. The zero-order valence-electron chi connectivity index (χ0n) is 19.5. The second kappa shape index (κ2) is 10.0. The third-order valence-corrected chi connectivity index (χ3v) is 7.30. The maximum atomic E-state index is 12.9. The Hall–Kier alpha value is -3.47. The van der Waals surface area contributed by atoms with Crippen molar-refractivity contribution in [1.82, 2.24) is 30.0 Å². The summed E-state index contributed by atoms with van der Waals surface area (Å²) >= 11 is 7.42. The van der Waals surface area contributed by atoms with Gasteiger partial charge in [-0.2, -0.15) is 10.4 Å². The molecule has 184 valence electrons. The number of rotatable bonds is 6. The number of amides is 1. The lowest BCUT2D eigenvalue weighted by molar-refractivity contribution is 0.0540. The number of ether oxygens (including phenoxy) is 2. The average molecular weight is 519 g/mol. The van der Waals surface area contributed by atoms with Crippen LogP contribution in [0, 0.1) is 18.3 Å². The molecule has 35 heavy (non-hydrogen) atoms. The molecule has 4 rings (SSSR count). The van der Waals surface area contributed by atoms with Crippen molar-refractivity contribution >= 4 is 39.9 Å². The van der Waals surface area contributed by atoms with Crippen molar-refractivity contribution in [3.63, 3.8) is 0 Å². The predicted octanol–water partition coefficient (Wildman–Crippen LogP) is 1.91. The van der Waals surface area contributed by atoms with E-state index in [1.807, 2.05) is 11.0 Å². The standard InChI is InChI=1S/C21H23ClN8O4S/c1-10-11(7-23)14(22)15(26-10)19(31)27-12-5-6-30(8-13(12)33-3)21-28-16(17(35-21)20(32)34-4)18-24-9-25-29(18)2/h9,12-13,26H,5-6,8H2,1-4H3,(H,27,31)/t12-,13+/m1/s1. The number of halogens is 1. The van der Waals surface area contributed by atoms with Gasteiger partial charge in [-0.3, -0.25) is 4.79 Å². The molecule has 0 aromatic carbocycles. The van der Waals surface area contributed by atoms with E-state index < -0.39 is 11.9 Å². The number of thiazole rings is 1. The van der Waals surface area contributed by atoms with E-state index in [0.29, 0.717) is 46.7 Å². The second-order valence-corrected chi connectivity index (χ2v) is 9.24. The fourth-order valence-electron chi connectivity index (χ4n) is 3.96. The molecule has 0 radical (unpaired) electrons. The Morgan fingerprint density at radius 3 is 2.77 bits per heavy atom. The summed E-state index contributed by atoms with van der Waals surface area (Å²) in [5, 5.41) is 17.0. The number of aryl methyl sites for hydroxylation is 2. The van der Waals surface area contributed by atoms with Crippen molar-refractivity contribution in [2.24, 2.45) is 7.05 Å². The van der Waals surface area contributed by atoms with Gasteiger partial charge in [0, 0.05) is 32.9 Å². The summed E-state index contributed by atoms with van der Waals surface area (Å²) in [5.74, 6) is -0.466. The number of aromatic amines is 1. The highest BCUT2D eigenvalue weighted by Crippen LogP contribution is 2.34. The van der Waals surface area contributed by atoms with E-state index in [-0.39, 0.29) is 28.4 Å². The third-order valence-electron chi connectivity index (χ3n) is 5.82. The van der Waals surface area contributed by atoms with E-state index in [0.717, 1.165) is 0 Å². The first-order valence-corrected chi connectivity index (χ1v) is 11.8. The molecule has 12 nitrogen and oxygen atoms in total. The number of hydrogen-bond acceptors (Lipinski definition) is 10. The number of H-pyrrole nitrogens is 1. The van der Waals surface area contributed by atoms with Crippen molar-refractivity contribution in [2.45, 2.75) is 25.5 Å². The Kier molecular flexibility index (Phi) is 7.06. The van der Waals surface area contributed by atoms with E-state index in [4.69, 9.17) is 21.1 Å². The summed E-state index contributed by atoms with van der Waals surface area (Å²) in [6.45, 7) is 2.66. The lowest BCUT2D eigenvalue weighted by Gasteiger charge is -2.37.